The van der Waals surface area contributed by atoms with E-state index in [1.165, 1.54) is 17.6 Å². The van der Waals surface area contributed by atoms with E-state index in [0.29, 0.717) is 5.82 Å². The standard InChI is InChI=1S/C11H17N3O5S/c1-8-12-10(7-13(8)2)20(16,17)14-4-5-19-9(6-14)11(15)18-3/h7,9H,4-6H2,1-3H3. The van der Waals surface area contributed by atoms with E-state index in [0.717, 1.165) is 0 Å². The Morgan fingerprint density at radius 1 is 1.55 bits per heavy atom. The molecule has 0 N–H and O–H groups in total. The molecule has 1 aliphatic rings. The molecule has 1 aromatic heterocycles. The Morgan fingerprint density at radius 3 is 2.80 bits per heavy atom. The normalized spacial score (nSPS) is 20.9. The number of hydrogen-bond donors (Lipinski definition) is 0. The van der Waals surface area contributed by atoms with Gasteiger partial charge in [0, 0.05) is 19.8 Å². The fraction of sp³-hybridized carbons (Fsp3) is 0.636. The Bertz CT molecular complexity index is 590. The van der Waals surface area contributed by atoms with Gasteiger partial charge in [-0.2, -0.15) is 4.31 Å². The summed E-state index contributed by atoms with van der Waals surface area (Å²) in [6.07, 6.45) is 0.557. The molecule has 0 bridgehead atoms. The van der Waals surface area contributed by atoms with Crippen molar-refractivity contribution in [3.63, 3.8) is 0 Å². The molecule has 0 radical (unpaired) electrons. The van der Waals surface area contributed by atoms with Gasteiger partial charge in [0.05, 0.1) is 20.3 Å². The zero-order chi connectivity index (χ0) is 14.9. The van der Waals surface area contributed by atoms with Crippen LogP contribution in [0, 0.1) is 6.92 Å². The molecule has 9 heteroatoms. The first kappa shape index (κ1) is 14.9. The SMILES string of the molecule is COC(=O)C1CN(S(=O)(=O)c2cn(C)c(C)n2)CCO1. The second kappa shape index (κ2) is 5.51. The van der Waals surface area contributed by atoms with Crippen molar-refractivity contribution in [1.29, 1.82) is 0 Å². The maximum Gasteiger partial charge on any atom is 0.336 e. The van der Waals surface area contributed by atoms with Gasteiger partial charge >= 0.3 is 5.97 Å². The summed E-state index contributed by atoms with van der Waals surface area (Å²) in [6.45, 7) is 1.98. The van der Waals surface area contributed by atoms with Crippen molar-refractivity contribution in [2.24, 2.45) is 7.05 Å². The van der Waals surface area contributed by atoms with Crippen LogP contribution in [0.2, 0.25) is 0 Å². The molecule has 2 rings (SSSR count). The van der Waals surface area contributed by atoms with Gasteiger partial charge in [-0.25, -0.2) is 18.2 Å². The van der Waals surface area contributed by atoms with E-state index in [1.807, 2.05) is 0 Å². The van der Waals surface area contributed by atoms with E-state index < -0.39 is 22.1 Å². The lowest BCUT2D eigenvalue weighted by Crippen LogP contribution is -2.48. The zero-order valence-corrected chi connectivity index (χ0v) is 12.4. The summed E-state index contributed by atoms with van der Waals surface area (Å²) < 4.78 is 37.5. The van der Waals surface area contributed by atoms with Gasteiger partial charge in [-0.1, -0.05) is 0 Å². The number of ether oxygens (including phenoxy) is 2. The van der Waals surface area contributed by atoms with Crippen LogP contribution in [0.15, 0.2) is 11.2 Å². The van der Waals surface area contributed by atoms with E-state index >= 15 is 0 Å². The molecular formula is C11H17N3O5S. The fourth-order valence-corrected chi connectivity index (χ4v) is 3.35. The first-order valence-corrected chi connectivity index (χ1v) is 7.50. The lowest BCUT2D eigenvalue weighted by molar-refractivity contribution is -0.157. The fourth-order valence-electron chi connectivity index (χ4n) is 1.90. The highest BCUT2D eigenvalue weighted by atomic mass is 32.2. The topological polar surface area (TPSA) is 90.7 Å². The number of sulfonamides is 1. The minimum Gasteiger partial charge on any atom is -0.467 e. The molecule has 1 unspecified atom stereocenters. The summed E-state index contributed by atoms with van der Waals surface area (Å²) in [4.78, 5) is 15.5. The highest BCUT2D eigenvalue weighted by Gasteiger charge is 2.35. The number of carbonyl (C=O) groups excluding carboxylic acids is 1. The van der Waals surface area contributed by atoms with Crippen molar-refractivity contribution in [3.8, 4) is 0 Å². The van der Waals surface area contributed by atoms with E-state index in [9.17, 15) is 13.2 Å². The molecule has 1 fully saturated rings. The van der Waals surface area contributed by atoms with Crippen LogP contribution in [0.4, 0.5) is 0 Å². The number of esters is 1. The number of methoxy groups -OCH3 is 1. The molecule has 2 heterocycles. The van der Waals surface area contributed by atoms with Crippen LogP contribution in [-0.4, -0.2) is 61.2 Å². The highest BCUT2D eigenvalue weighted by molar-refractivity contribution is 7.89. The first-order chi connectivity index (χ1) is 9.36. The molecule has 1 aliphatic heterocycles. The Labute approximate surface area is 117 Å². The summed E-state index contributed by atoms with van der Waals surface area (Å²) in [5.41, 5.74) is 0. The molecule has 0 amide bonds. The number of hydrogen-bond acceptors (Lipinski definition) is 6. The van der Waals surface area contributed by atoms with Crippen LogP contribution < -0.4 is 0 Å². The van der Waals surface area contributed by atoms with E-state index in [1.54, 1.807) is 18.5 Å². The third kappa shape index (κ3) is 2.69. The minimum atomic E-state index is -3.72. The maximum absolute atomic E-state index is 12.5. The van der Waals surface area contributed by atoms with Crippen LogP contribution in [0.25, 0.3) is 0 Å². The second-order valence-corrected chi connectivity index (χ2v) is 6.37. The molecular weight excluding hydrogens is 286 g/mol. The zero-order valence-electron chi connectivity index (χ0n) is 11.6. The molecule has 1 aromatic rings. The van der Waals surface area contributed by atoms with Crippen molar-refractivity contribution in [2.75, 3.05) is 26.8 Å². The van der Waals surface area contributed by atoms with Crippen molar-refractivity contribution >= 4 is 16.0 Å². The Balaban J connectivity index is 2.23. The van der Waals surface area contributed by atoms with Gasteiger partial charge < -0.3 is 14.0 Å². The summed E-state index contributed by atoms with van der Waals surface area (Å²) in [5.74, 6) is 0.0171. The molecule has 0 aliphatic carbocycles. The number of aromatic nitrogens is 2. The van der Waals surface area contributed by atoms with Crippen molar-refractivity contribution in [2.45, 2.75) is 18.1 Å². The lowest BCUT2D eigenvalue weighted by atomic mass is 10.3. The molecule has 8 nitrogen and oxygen atoms in total. The van der Waals surface area contributed by atoms with E-state index in [-0.39, 0.29) is 24.7 Å². The smallest absolute Gasteiger partial charge is 0.336 e. The molecule has 0 spiro atoms. The van der Waals surface area contributed by atoms with Crippen molar-refractivity contribution in [1.82, 2.24) is 13.9 Å². The van der Waals surface area contributed by atoms with Gasteiger partial charge in [0.25, 0.3) is 10.0 Å². The van der Waals surface area contributed by atoms with Gasteiger partial charge in [-0.05, 0) is 6.92 Å². The molecule has 0 aromatic carbocycles. The number of imidazole rings is 1. The number of rotatable bonds is 3. The molecule has 1 saturated heterocycles. The summed E-state index contributed by atoms with van der Waals surface area (Å²) in [7, 11) is -0.767. The molecule has 20 heavy (non-hydrogen) atoms. The van der Waals surface area contributed by atoms with Gasteiger partial charge in [-0.15, -0.1) is 0 Å². The number of aryl methyl sites for hydroxylation is 2. The summed E-state index contributed by atoms with van der Waals surface area (Å²) >= 11 is 0. The Morgan fingerprint density at radius 2 is 2.25 bits per heavy atom. The van der Waals surface area contributed by atoms with Crippen LogP contribution in [-0.2, 0) is 31.3 Å². The average Bonchev–Trinajstić information content (AvgIpc) is 2.78. The predicted octanol–water partition coefficient (Wildman–Crippen LogP) is -0.709. The van der Waals surface area contributed by atoms with Crippen molar-refractivity contribution in [3.05, 3.63) is 12.0 Å². The van der Waals surface area contributed by atoms with Crippen molar-refractivity contribution < 1.29 is 22.7 Å². The van der Waals surface area contributed by atoms with Gasteiger partial charge in [-0.3, -0.25) is 0 Å². The number of morpholine rings is 1. The monoisotopic (exact) mass is 303 g/mol. The van der Waals surface area contributed by atoms with Crippen LogP contribution in [0.5, 0.6) is 0 Å². The maximum atomic E-state index is 12.5. The van der Waals surface area contributed by atoms with Crippen LogP contribution >= 0.6 is 0 Å². The Hall–Kier alpha value is -1.45. The largest absolute Gasteiger partial charge is 0.467 e. The molecule has 1 atom stereocenters. The third-order valence-corrected chi connectivity index (χ3v) is 4.92. The number of nitrogens with zero attached hydrogens (tertiary/aromatic N) is 3. The van der Waals surface area contributed by atoms with Gasteiger partial charge in [0.2, 0.25) is 0 Å². The van der Waals surface area contributed by atoms with Gasteiger partial charge in [0.1, 0.15) is 5.82 Å². The lowest BCUT2D eigenvalue weighted by Gasteiger charge is -2.29. The highest BCUT2D eigenvalue weighted by Crippen LogP contribution is 2.18. The van der Waals surface area contributed by atoms with Gasteiger partial charge in [0.15, 0.2) is 11.1 Å². The summed E-state index contributed by atoms with van der Waals surface area (Å²) in [5, 5.41) is -0.0250. The third-order valence-electron chi connectivity index (χ3n) is 3.18. The van der Waals surface area contributed by atoms with Crippen LogP contribution in [0.1, 0.15) is 5.82 Å². The second-order valence-electron chi connectivity index (χ2n) is 4.48. The minimum absolute atomic E-state index is 0.0250. The Kier molecular flexibility index (Phi) is 4.11. The average molecular weight is 303 g/mol. The molecule has 0 saturated carbocycles. The molecule has 112 valence electrons. The quantitative estimate of drug-likeness (QED) is 0.685. The first-order valence-electron chi connectivity index (χ1n) is 6.06. The van der Waals surface area contributed by atoms with E-state index in [2.05, 4.69) is 9.72 Å². The van der Waals surface area contributed by atoms with Crippen LogP contribution in [0.3, 0.4) is 0 Å². The van der Waals surface area contributed by atoms with E-state index in [4.69, 9.17) is 4.74 Å². The predicted molar refractivity (Wildman–Crippen MR) is 68.5 cm³/mol. The summed E-state index contributed by atoms with van der Waals surface area (Å²) in [6, 6.07) is 0. The number of carbonyl (C=O) groups is 1.